The molecule has 4 nitrogen and oxygen atoms in total. The van der Waals surface area contributed by atoms with Crippen molar-refractivity contribution in [2.45, 2.75) is 13.8 Å². The lowest BCUT2D eigenvalue weighted by molar-refractivity contribution is 0.0699. The first-order valence-corrected chi connectivity index (χ1v) is 7.26. The van der Waals surface area contributed by atoms with Gasteiger partial charge in [-0.1, -0.05) is 24.3 Å². The van der Waals surface area contributed by atoms with Crippen LogP contribution < -0.4 is 4.90 Å². The van der Waals surface area contributed by atoms with E-state index in [0.29, 0.717) is 18.8 Å². The van der Waals surface area contributed by atoms with Crippen LogP contribution in [0.15, 0.2) is 36.4 Å². The summed E-state index contributed by atoms with van der Waals surface area (Å²) in [6.45, 7) is 7.08. The number of likely N-dealkylation sites (N-methyl/N-ethyl adjacent to an activating group) is 1. The quantitative estimate of drug-likeness (QED) is 0.793. The molecule has 0 bridgehead atoms. The normalized spacial score (nSPS) is 10.8. The molecule has 0 spiro atoms. The molecule has 0 atom stereocenters. The largest absolute Gasteiger partial charge is 0.478 e. The molecule has 0 aliphatic carbocycles. The monoisotopic (exact) mass is 287 g/mol. The molecular weight excluding hydrogens is 266 g/mol. The highest BCUT2D eigenvalue weighted by molar-refractivity contribution is 6.07. The van der Waals surface area contributed by atoms with Gasteiger partial charge in [0.15, 0.2) is 0 Å². The van der Waals surface area contributed by atoms with Crippen LogP contribution >= 0.6 is 0 Å². The minimum atomic E-state index is -0.893. The van der Waals surface area contributed by atoms with Crippen molar-refractivity contribution in [2.24, 2.45) is 0 Å². The van der Waals surface area contributed by atoms with E-state index in [1.165, 1.54) is 0 Å². The third-order valence-corrected chi connectivity index (χ3v) is 3.56. The smallest absolute Gasteiger partial charge is 0.336 e. The summed E-state index contributed by atoms with van der Waals surface area (Å²) < 4.78 is 5.43. The lowest BCUT2D eigenvalue weighted by atomic mass is 10.0. The maximum absolute atomic E-state index is 11.3. The number of hydrogen-bond donors (Lipinski definition) is 1. The lowest BCUT2D eigenvalue weighted by Gasteiger charge is -2.25. The highest BCUT2D eigenvalue weighted by Crippen LogP contribution is 2.29. The standard InChI is InChI=1S/C17H21NO3/c1-3-18(11-12-21-4-2)16-10-9-15(17(19)20)13-7-5-6-8-14(13)16/h5-10H,3-4,11-12H2,1-2H3,(H,19,20). The Labute approximate surface area is 124 Å². The number of ether oxygens (including phenoxy) is 1. The fraction of sp³-hybridized carbons (Fsp3) is 0.353. The summed E-state index contributed by atoms with van der Waals surface area (Å²) in [5, 5.41) is 11.1. The van der Waals surface area contributed by atoms with Crippen molar-refractivity contribution in [3.63, 3.8) is 0 Å². The topological polar surface area (TPSA) is 49.8 Å². The van der Waals surface area contributed by atoms with Crippen LogP contribution in [0.2, 0.25) is 0 Å². The molecule has 2 rings (SSSR count). The van der Waals surface area contributed by atoms with Crippen molar-refractivity contribution in [3.8, 4) is 0 Å². The Kier molecular flexibility index (Phi) is 5.17. The highest BCUT2D eigenvalue weighted by atomic mass is 16.5. The fourth-order valence-corrected chi connectivity index (χ4v) is 2.51. The molecule has 2 aromatic carbocycles. The van der Waals surface area contributed by atoms with Crippen LogP contribution in [0.4, 0.5) is 5.69 Å². The number of carboxylic acids is 1. The first-order chi connectivity index (χ1) is 10.2. The minimum absolute atomic E-state index is 0.343. The zero-order valence-electron chi connectivity index (χ0n) is 12.5. The summed E-state index contributed by atoms with van der Waals surface area (Å²) in [6.07, 6.45) is 0. The van der Waals surface area contributed by atoms with Crippen LogP contribution in [0.5, 0.6) is 0 Å². The summed E-state index contributed by atoms with van der Waals surface area (Å²) in [5.74, 6) is -0.893. The van der Waals surface area contributed by atoms with Gasteiger partial charge in [-0.3, -0.25) is 0 Å². The molecule has 0 unspecified atom stereocenters. The van der Waals surface area contributed by atoms with Crippen LogP contribution in [0, 0.1) is 0 Å². The van der Waals surface area contributed by atoms with E-state index in [0.717, 1.165) is 29.5 Å². The third-order valence-electron chi connectivity index (χ3n) is 3.56. The summed E-state index contributed by atoms with van der Waals surface area (Å²) in [7, 11) is 0. The second kappa shape index (κ2) is 7.09. The maximum atomic E-state index is 11.3. The SMILES string of the molecule is CCOCCN(CC)c1ccc(C(=O)O)c2ccccc12. The number of fused-ring (bicyclic) bond motifs is 1. The number of aromatic carboxylic acids is 1. The molecule has 0 aliphatic rings. The number of anilines is 1. The third kappa shape index (κ3) is 3.34. The molecule has 112 valence electrons. The predicted octanol–water partition coefficient (Wildman–Crippen LogP) is 3.40. The van der Waals surface area contributed by atoms with Crippen LogP contribution in [-0.2, 0) is 4.74 Å². The van der Waals surface area contributed by atoms with Gasteiger partial charge < -0.3 is 14.7 Å². The number of carbonyl (C=O) groups is 1. The number of rotatable bonds is 7. The number of nitrogens with zero attached hydrogens (tertiary/aromatic N) is 1. The Morgan fingerprint density at radius 1 is 1.14 bits per heavy atom. The highest BCUT2D eigenvalue weighted by Gasteiger charge is 2.14. The van der Waals surface area contributed by atoms with Gasteiger partial charge in [0.1, 0.15) is 0 Å². The minimum Gasteiger partial charge on any atom is -0.478 e. The van der Waals surface area contributed by atoms with Crippen LogP contribution in [0.25, 0.3) is 10.8 Å². The molecule has 0 amide bonds. The van der Waals surface area contributed by atoms with Gasteiger partial charge >= 0.3 is 5.97 Å². The average molecular weight is 287 g/mol. The van der Waals surface area contributed by atoms with E-state index >= 15 is 0 Å². The van der Waals surface area contributed by atoms with E-state index in [2.05, 4.69) is 11.8 Å². The van der Waals surface area contributed by atoms with Gasteiger partial charge in [0.2, 0.25) is 0 Å². The zero-order chi connectivity index (χ0) is 15.2. The van der Waals surface area contributed by atoms with Crippen molar-refractivity contribution in [1.29, 1.82) is 0 Å². The Hall–Kier alpha value is -2.07. The summed E-state index contributed by atoms with van der Waals surface area (Å²) in [5.41, 5.74) is 1.40. The molecule has 4 heteroatoms. The molecule has 1 N–H and O–H groups in total. The van der Waals surface area contributed by atoms with Crippen LogP contribution in [-0.4, -0.2) is 37.4 Å². The van der Waals surface area contributed by atoms with E-state index in [1.54, 1.807) is 6.07 Å². The second-order valence-electron chi connectivity index (χ2n) is 4.76. The Morgan fingerprint density at radius 2 is 1.86 bits per heavy atom. The van der Waals surface area contributed by atoms with Gasteiger partial charge in [-0.2, -0.15) is 0 Å². The summed E-state index contributed by atoms with van der Waals surface area (Å²) >= 11 is 0. The van der Waals surface area contributed by atoms with E-state index in [4.69, 9.17) is 4.74 Å². The molecule has 0 aliphatic heterocycles. The Morgan fingerprint density at radius 3 is 2.48 bits per heavy atom. The van der Waals surface area contributed by atoms with Gasteiger partial charge in [-0.15, -0.1) is 0 Å². The maximum Gasteiger partial charge on any atom is 0.336 e. The second-order valence-corrected chi connectivity index (χ2v) is 4.76. The van der Waals surface area contributed by atoms with Crippen molar-refractivity contribution >= 4 is 22.4 Å². The molecule has 21 heavy (non-hydrogen) atoms. The fourth-order valence-electron chi connectivity index (χ4n) is 2.51. The molecule has 2 aromatic rings. The Balaban J connectivity index is 2.44. The molecule has 0 radical (unpaired) electrons. The van der Waals surface area contributed by atoms with Gasteiger partial charge in [0.05, 0.1) is 12.2 Å². The lowest BCUT2D eigenvalue weighted by Crippen LogP contribution is -2.27. The molecule has 0 aromatic heterocycles. The molecule has 0 saturated carbocycles. The van der Waals surface area contributed by atoms with E-state index in [-0.39, 0.29) is 0 Å². The van der Waals surface area contributed by atoms with Gasteiger partial charge in [-0.25, -0.2) is 4.79 Å². The van der Waals surface area contributed by atoms with Gasteiger partial charge in [0.25, 0.3) is 0 Å². The average Bonchev–Trinajstić information content (AvgIpc) is 2.51. The predicted molar refractivity (Wildman–Crippen MR) is 85.3 cm³/mol. The number of benzene rings is 2. The first-order valence-electron chi connectivity index (χ1n) is 7.26. The Bertz CT molecular complexity index is 624. The number of hydrogen-bond acceptors (Lipinski definition) is 3. The van der Waals surface area contributed by atoms with Gasteiger partial charge in [0, 0.05) is 30.8 Å². The molecule has 0 saturated heterocycles. The van der Waals surface area contributed by atoms with E-state index in [9.17, 15) is 9.90 Å². The van der Waals surface area contributed by atoms with Crippen LogP contribution in [0.3, 0.4) is 0 Å². The molecule has 0 fully saturated rings. The summed E-state index contributed by atoms with van der Waals surface area (Å²) in [6, 6.07) is 11.2. The van der Waals surface area contributed by atoms with Crippen molar-refractivity contribution < 1.29 is 14.6 Å². The molecular formula is C17H21NO3. The molecule has 0 heterocycles. The van der Waals surface area contributed by atoms with E-state index < -0.39 is 5.97 Å². The van der Waals surface area contributed by atoms with E-state index in [1.807, 2.05) is 37.3 Å². The zero-order valence-corrected chi connectivity index (χ0v) is 12.5. The number of carboxylic acid groups (broad SMARTS) is 1. The first kappa shape index (κ1) is 15.3. The van der Waals surface area contributed by atoms with Gasteiger partial charge in [-0.05, 0) is 31.4 Å². The van der Waals surface area contributed by atoms with Crippen molar-refractivity contribution in [2.75, 3.05) is 31.2 Å². The van der Waals surface area contributed by atoms with Crippen molar-refractivity contribution in [1.82, 2.24) is 0 Å². The van der Waals surface area contributed by atoms with Crippen LogP contribution in [0.1, 0.15) is 24.2 Å². The van der Waals surface area contributed by atoms with Crippen molar-refractivity contribution in [3.05, 3.63) is 42.0 Å². The summed E-state index contributed by atoms with van der Waals surface area (Å²) in [4.78, 5) is 13.6.